The second kappa shape index (κ2) is 7.49. The first-order valence-corrected chi connectivity index (χ1v) is 8.17. The first-order valence-electron chi connectivity index (χ1n) is 8.17. The highest BCUT2D eigenvalue weighted by Crippen LogP contribution is 2.29. The molecule has 0 saturated carbocycles. The number of carbonyl (C=O) groups excluding carboxylic acids is 1. The van der Waals surface area contributed by atoms with Crippen molar-refractivity contribution in [3.8, 4) is 5.69 Å². The van der Waals surface area contributed by atoms with E-state index in [1.165, 1.54) is 10.7 Å². The van der Waals surface area contributed by atoms with Crippen LogP contribution in [-0.2, 0) is 6.42 Å². The highest BCUT2D eigenvalue weighted by atomic mass is 35.5. The molecule has 25 heavy (non-hydrogen) atoms. The minimum atomic E-state index is -0.395. The highest BCUT2D eigenvalue weighted by molar-refractivity contribution is 5.90. The van der Waals surface area contributed by atoms with Crippen molar-refractivity contribution >= 4 is 18.3 Å². The van der Waals surface area contributed by atoms with Crippen LogP contribution < -0.4 is 5.73 Å². The molecule has 1 amide bonds. The van der Waals surface area contributed by atoms with Gasteiger partial charge < -0.3 is 10.6 Å². The Morgan fingerprint density at radius 1 is 1.40 bits per heavy atom. The van der Waals surface area contributed by atoms with Gasteiger partial charge in [0, 0.05) is 19.5 Å². The van der Waals surface area contributed by atoms with Crippen molar-refractivity contribution in [3.05, 3.63) is 41.7 Å². The molecule has 0 spiro atoms. The maximum Gasteiger partial charge on any atom is 0.293 e. The van der Waals surface area contributed by atoms with E-state index in [0.29, 0.717) is 37.6 Å². The van der Waals surface area contributed by atoms with Gasteiger partial charge in [0.25, 0.3) is 5.91 Å². The Morgan fingerprint density at radius 3 is 2.72 bits per heavy atom. The number of rotatable bonds is 4. The Kier molecular flexibility index (Phi) is 5.80. The maximum atomic E-state index is 14.1. The number of halogens is 2. The van der Waals surface area contributed by atoms with E-state index in [1.807, 2.05) is 6.92 Å². The van der Waals surface area contributed by atoms with Gasteiger partial charge in [-0.05, 0) is 30.5 Å². The van der Waals surface area contributed by atoms with Crippen molar-refractivity contribution in [1.82, 2.24) is 19.7 Å². The third-order valence-corrected chi connectivity index (χ3v) is 4.60. The lowest BCUT2D eigenvalue weighted by Crippen LogP contribution is -2.35. The molecule has 1 fully saturated rings. The predicted octanol–water partition coefficient (Wildman–Crippen LogP) is 2.20. The number of aryl methyl sites for hydroxylation is 1. The minimum Gasteiger partial charge on any atom is -0.335 e. The van der Waals surface area contributed by atoms with E-state index < -0.39 is 5.82 Å². The number of nitrogens with zero attached hydrogens (tertiary/aromatic N) is 4. The maximum absolute atomic E-state index is 14.1. The summed E-state index contributed by atoms with van der Waals surface area (Å²) in [5.74, 6) is 0.0468. The number of hydrogen-bond donors (Lipinski definition) is 1. The lowest BCUT2D eigenvalue weighted by Gasteiger charge is -2.21. The van der Waals surface area contributed by atoms with Gasteiger partial charge in [0.15, 0.2) is 0 Å². The van der Waals surface area contributed by atoms with Crippen molar-refractivity contribution in [2.45, 2.75) is 26.7 Å². The summed E-state index contributed by atoms with van der Waals surface area (Å²) in [6.45, 7) is 5.74. The molecule has 1 aromatic heterocycles. The van der Waals surface area contributed by atoms with Gasteiger partial charge in [0.05, 0.1) is 0 Å². The summed E-state index contributed by atoms with van der Waals surface area (Å²) in [4.78, 5) is 18.8. The molecular weight excluding hydrogens is 345 g/mol. The molecule has 6 nitrogen and oxygen atoms in total. The van der Waals surface area contributed by atoms with E-state index in [2.05, 4.69) is 17.0 Å². The second-order valence-corrected chi connectivity index (χ2v) is 6.56. The number of aromatic nitrogens is 3. The van der Waals surface area contributed by atoms with Crippen LogP contribution in [0.3, 0.4) is 0 Å². The normalized spacial score (nSPS) is 19.8. The van der Waals surface area contributed by atoms with E-state index in [9.17, 15) is 9.18 Å². The molecule has 1 unspecified atom stereocenters. The zero-order chi connectivity index (χ0) is 17.3. The molecule has 2 heterocycles. The van der Waals surface area contributed by atoms with Crippen molar-refractivity contribution in [2.75, 3.05) is 19.6 Å². The Labute approximate surface area is 152 Å². The molecule has 8 heteroatoms. The molecule has 2 aromatic rings. The molecule has 1 aromatic carbocycles. The van der Waals surface area contributed by atoms with Gasteiger partial charge in [-0.1, -0.05) is 26.0 Å². The fraction of sp³-hybridized carbons (Fsp3) is 0.471. The Morgan fingerprint density at radius 2 is 2.12 bits per heavy atom. The number of likely N-dealkylation sites (tertiary alicyclic amines) is 1. The molecular formula is C17H23ClFN5O. The molecule has 1 aliphatic rings. The Hall–Kier alpha value is -1.99. The molecule has 3 rings (SSSR count). The lowest BCUT2D eigenvalue weighted by atomic mass is 9.90. The first-order chi connectivity index (χ1) is 11.5. The average molecular weight is 368 g/mol. The number of para-hydroxylation sites is 1. The van der Waals surface area contributed by atoms with Crippen LogP contribution in [0.2, 0.25) is 0 Å². The molecule has 1 aliphatic heterocycles. The summed E-state index contributed by atoms with van der Waals surface area (Å²) in [6.07, 6.45) is 1.42. The standard InChI is InChI=1S/C17H22FN5O.ClH/c1-3-14-20-15(16(24)22-9-8-17(2,10-19)11-22)21-23(14)13-7-5-4-6-12(13)18;/h4-7H,3,8-11,19H2,1-2H3;1H. The summed E-state index contributed by atoms with van der Waals surface area (Å²) in [5, 5.41) is 4.27. The van der Waals surface area contributed by atoms with Crippen LogP contribution in [0.5, 0.6) is 0 Å². The Bertz CT molecular complexity index is 765. The highest BCUT2D eigenvalue weighted by Gasteiger charge is 2.36. The van der Waals surface area contributed by atoms with Crippen molar-refractivity contribution < 1.29 is 9.18 Å². The van der Waals surface area contributed by atoms with Gasteiger partial charge in [0.1, 0.15) is 17.3 Å². The molecule has 0 bridgehead atoms. The summed E-state index contributed by atoms with van der Waals surface area (Å²) in [7, 11) is 0. The zero-order valence-electron chi connectivity index (χ0n) is 14.4. The van der Waals surface area contributed by atoms with Gasteiger partial charge in [-0.3, -0.25) is 4.79 Å². The largest absolute Gasteiger partial charge is 0.335 e. The fourth-order valence-corrected chi connectivity index (χ4v) is 2.99. The molecule has 1 atom stereocenters. The number of amides is 1. The Balaban J connectivity index is 0.00000225. The first kappa shape index (κ1) is 19.3. The SMILES string of the molecule is CCc1nc(C(=O)N2CCC(C)(CN)C2)nn1-c1ccccc1F.Cl. The van der Waals surface area contributed by atoms with E-state index in [1.54, 1.807) is 23.1 Å². The monoisotopic (exact) mass is 367 g/mol. The van der Waals surface area contributed by atoms with Gasteiger partial charge in [-0.15, -0.1) is 17.5 Å². The molecule has 2 N–H and O–H groups in total. The zero-order valence-corrected chi connectivity index (χ0v) is 15.2. The van der Waals surface area contributed by atoms with Crippen LogP contribution in [-0.4, -0.2) is 45.2 Å². The van der Waals surface area contributed by atoms with Gasteiger partial charge in [-0.2, -0.15) is 0 Å². The summed E-state index contributed by atoms with van der Waals surface area (Å²) < 4.78 is 15.5. The van der Waals surface area contributed by atoms with Crippen LogP contribution in [0.4, 0.5) is 4.39 Å². The number of carbonyl (C=O) groups is 1. The van der Waals surface area contributed by atoms with E-state index >= 15 is 0 Å². The summed E-state index contributed by atoms with van der Waals surface area (Å²) in [6, 6.07) is 6.34. The van der Waals surface area contributed by atoms with Gasteiger partial charge in [-0.25, -0.2) is 14.1 Å². The summed E-state index contributed by atoms with van der Waals surface area (Å²) >= 11 is 0. The minimum absolute atomic E-state index is 0. The quantitative estimate of drug-likeness (QED) is 0.898. The second-order valence-electron chi connectivity index (χ2n) is 6.56. The molecule has 0 aliphatic carbocycles. The number of nitrogens with two attached hydrogens (primary N) is 1. The summed E-state index contributed by atoms with van der Waals surface area (Å²) in [5.41, 5.74) is 6.04. The third-order valence-electron chi connectivity index (χ3n) is 4.60. The number of hydrogen-bond acceptors (Lipinski definition) is 4. The van der Waals surface area contributed by atoms with Crippen molar-refractivity contribution in [2.24, 2.45) is 11.1 Å². The van der Waals surface area contributed by atoms with Crippen LogP contribution in [0.15, 0.2) is 24.3 Å². The molecule has 0 radical (unpaired) electrons. The molecule has 1 saturated heterocycles. The van der Waals surface area contributed by atoms with Crippen LogP contribution in [0.25, 0.3) is 5.69 Å². The fourth-order valence-electron chi connectivity index (χ4n) is 2.99. The van der Waals surface area contributed by atoms with E-state index in [4.69, 9.17) is 5.73 Å². The van der Waals surface area contributed by atoms with Crippen molar-refractivity contribution in [3.63, 3.8) is 0 Å². The average Bonchev–Trinajstić information content (AvgIpc) is 3.19. The lowest BCUT2D eigenvalue weighted by molar-refractivity contribution is 0.0764. The van der Waals surface area contributed by atoms with E-state index in [-0.39, 0.29) is 29.6 Å². The van der Waals surface area contributed by atoms with Gasteiger partial charge in [0.2, 0.25) is 5.82 Å². The van der Waals surface area contributed by atoms with Gasteiger partial charge >= 0.3 is 0 Å². The van der Waals surface area contributed by atoms with Crippen molar-refractivity contribution in [1.29, 1.82) is 0 Å². The third kappa shape index (κ3) is 3.67. The molecule has 136 valence electrons. The van der Waals surface area contributed by atoms with Crippen LogP contribution in [0.1, 0.15) is 36.7 Å². The van der Waals surface area contributed by atoms with Crippen LogP contribution in [0, 0.1) is 11.2 Å². The van der Waals surface area contributed by atoms with E-state index in [0.717, 1.165) is 6.42 Å². The number of benzene rings is 1. The smallest absolute Gasteiger partial charge is 0.293 e. The predicted molar refractivity (Wildman–Crippen MR) is 95.6 cm³/mol. The topological polar surface area (TPSA) is 77.0 Å². The van der Waals surface area contributed by atoms with Crippen LogP contribution >= 0.6 is 12.4 Å².